The Hall–Kier alpha value is -3.51. The van der Waals surface area contributed by atoms with Crippen molar-refractivity contribution in [2.24, 2.45) is 0 Å². The van der Waals surface area contributed by atoms with E-state index in [2.05, 4.69) is 4.98 Å². The van der Waals surface area contributed by atoms with E-state index < -0.39 is 0 Å². The van der Waals surface area contributed by atoms with E-state index in [4.69, 9.17) is 4.74 Å². The van der Waals surface area contributed by atoms with Gasteiger partial charge >= 0.3 is 0 Å². The van der Waals surface area contributed by atoms with Crippen LogP contribution < -0.4 is 9.64 Å². The second-order valence-electron chi connectivity index (χ2n) is 6.42. The van der Waals surface area contributed by atoms with Gasteiger partial charge in [0.05, 0.1) is 16.9 Å². The number of hydrogen-bond donors (Lipinski definition) is 0. The van der Waals surface area contributed by atoms with Crippen LogP contribution in [0.2, 0.25) is 0 Å². The van der Waals surface area contributed by atoms with E-state index in [9.17, 15) is 9.59 Å². The third-order valence-corrected chi connectivity index (χ3v) is 5.36. The second kappa shape index (κ2) is 8.24. The molecule has 1 amide bonds. The predicted octanol–water partition coefficient (Wildman–Crippen LogP) is 5.37. The maximum atomic E-state index is 12.2. The summed E-state index contributed by atoms with van der Waals surface area (Å²) in [5.74, 6) is 0.399. The van der Waals surface area contributed by atoms with Crippen molar-refractivity contribution in [1.29, 1.82) is 0 Å². The molecule has 0 spiro atoms. The molecule has 3 aromatic carbocycles. The average molecular weight is 402 g/mol. The highest BCUT2D eigenvalue weighted by Gasteiger charge is 2.18. The van der Waals surface area contributed by atoms with Gasteiger partial charge < -0.3 is 4.74 Å². The lowest BCUT2D eigenvalue weighted by atomic mass is 10.0. The number of nitrogens with zero attached hydrogens (tertiary/aromatic N) is 2. The first kappa shape index (κ1) is 18.8. The molecule has 0 aliphatic heterocycles. The molecular formula is C23H18N2O3S. The molecule has 0 N–H and O–H groups in total. The highest BCUT2D eigenvalue weighted by atomic mass is 32.1. The minimum absolute atomic E-state index is 0.115. The molecule has 0 atom stereocenters. The first-order chi connectivity index (χ1) is 14.2. The number of carbonyl (C=O) groups is 2. The number of aromatic nitrogens is 1. The Labute approximate surface area is 172 Å². The van der Waals surface area contributed by atoms with E-state index in [0.717, 1.165) is 22.7 Å². The van der Waals surface area contributed by atoms with Gasteiger partial charge in [-0.05, 0) is 29.0 Å². The molecule has 0 fully saturated rings. The molecule has 0 unspecified atom stereocenters. The van der Waals surface area contributed by atoms with Crippen molar-refractivity contribution < 1.29 is 14.3 Å². The molecule has 0 saturated heterocycles. The Bertz CT molecular complexity index is 1170. The molecule has 0 bridgehead atoms. The molecule has 6 heteroatoms. The molecule has 29 heavy (non-hydrogen) atoms. The topological polar surface area (TPSA) is 59.5 Å². The molecular weight excluding hydrogens is 384 g/mol. The molecule has 144 valence electrons. The van der Waals surface area contributed by atoms with Crippen molar-refractivity contribution in [2.45, 2.75) is 13.5 Å². The quantitative estimate of drug-likeness (QED) is 0.407. The van der Waals surface area contributed by atoms with Gasteiger partial charge in [0, 0.05) is 12.3 Å². The predicted molar refractivity (Wildman–Crippen MR) is 115 cm³/mol. The zero-order chi connectivity index (χ0) is 20.2. The fourth-order valence-electron chi connectivity index (χ4n) is 3.14. The fourth-order valence-corrected chi connectivity index (χ4v) is 4.02. The zero-order valence-corrected chi connectivity index (χ0v) is 16.6. The van der Waals surface area contributed by atoms with Crippen molar-refractivity contribution >= 4 is 45.1 Å². The highest BCUT2D eigenvalue weighted by molar-refractivity contribution is 7.14. The largest absolute Gasteiger partial charge is 0.486 e. The van der Waals surface area contributed by atoms with Crippen LogP contribution >= 0.6 is 11.3 Å². The summed E-state index contributed by atoms with van der Waals surface area (Å²) < 4.78 is 5.89. The number of hydrogen-bond acceptors (Lipinski definition) is 5. The summed E-state index contributed by atoms with van der Waals surface area (Å²) in [6.45, 7) is 1.71. The SMILES string of the molecule is CC(=O)N(c1ccccc1)c1nc(COc2ccc3ccccc3c2C=O)cs1. The van der Waals surface area contributed by atoms with Crippen LogP contribution in [0.3, 0.4) is 0 Å². The lowest BCUT2D eigenvalue weighted by Gasteiger charge is -2.17. The van der Waals surface area contributed by atoms with E-state index in [1.807, 2.05) is 66.0 Å². The standard InChI is InChI=1S/C23H18N2O3S/c1-16(27)25(19-8-3-2-4-9-19)23-24-18(15-29-23)14-28-22-12-11-17-7-5-6-10-20(17)21(22)13-26/h2-13,15H,14H2,1H3. The first-order valence-corrected chi connectivity index (χ1v) is 9.95. The van der Waals surface area contributed by atoms with E-state index >= 15 is 0 Å². The van der Waals surface area contributed by atoms with Crippen molar-refractivity contribution in [3.63, 3.8) is 0 Å². The van der Waals surface area contributed by atoms with E-state index in [-0.39, 0.29) is 12.5 Å². The first-order valence-electron chi connectivity index (χ1n) is 9.07. The molecule has 1 aromatic heterocycles. The zero-order valence-electron chi connectivity index (χ0n) is 15.7. The van der Waals surface area contributed by atoms with Gasteiger partial charge in [-0.15, -0.1) is 11.3 Å². The third kappa shape index (κ3) is 3.88. The Morgan fingerprint density at radius 3 is 2.59 bits per heavy atom. The van der Waals surface area contributed by atoms with Crippen LogP contribution in [0.25, 0.3) is 10.8 Å². The van der Waals surface area contributed by atoms with E-state index in [1.165, 1.54) is 18.3 Å². The Kier molecular flexibility index (Phi) is 5.35. The van der Waals surface area contributed by atoms with Crippen molar-refractivity contribution in [2.75, 3.05) is 4.90 Å². The molecule has 0 saturated carbocycles. The molecule has 0 aliphatic carbocycles. The van der Waals surface area contributed by atoms with Crippen LogP contribution in [0, 0.1) is 0 Å². The second-order valence-corrected chi connectivity index (χ2v) is 7.25. The number of thiazole rings is 1. The molecule has 4 aromatic rings. The van der Waals surface area contributed by atoms with Gasteiger partial charge in [0.15, 0.2) is 11.4 Å². The number of amides is 1. The van der Waals surface area contributed by atoms with Crippen molar-refractivity contribution in [3.05, 3.63) is 83.4 Å². The summed E-state index contributed by atoms with van der Waals surface area (Å²) in [6, 6.07) is 20.8. The van der Waals surface area contributed by atoms with Gasteiger partial charge in [-0.1, -0.05) is 48.5 Å². The number of aldehydes is 1. The summed E-state index contributed by atoms with van der Waals surface area (Å²) in [5, 5.41) is 4.27. The number of para-hydroxylation sites is 1. The van der Waals surface area contributed by atoms with Crippen molar-refractivity contribution in [3.8, 4) is 5.75 Å². The van der Waals surface area contributed by atoms with Crippen LogP contribution in [-0.4, -0.2) is 17.2 Å². The number of anilines is 2. The molecule has 0 aliphatic rings. The summed E-state index contributed by atoms with van der Waals surface area (Å²) in [7, 11) is 0. The van der Waals surface area contributed by atoms with Crippen LogP contribution in [0.1, 0.15) is 23.0 Å². The summed E-state index contributed by atoms with van der Waals surface area (Å²) >= 11 is 1.37. The Morgan fingerprint density at radius 1 is 1.07 bits per heavy atom. The number of carbonyl (C=O) groups excluding carboxylic acids is 2. The Morgan fingerprint density at radius 2 is 1.83 bits per heavy atom. The van der Waals surface area contributed by atoms with Gasteiger partial charge in [0.1, 0.15) is 12.4 Å². The van der Waals surface area contributed by atoms with Crippen LogP contribution in [-0.2, 0) is 11.4 Å². The van der Waals surface area contributed by atoms with Gasteiger partial charge in [-0.3, -0.25) is 14.5 Å². The lowest BCUT2D eigenvalue weighted by Crippen LogP contribution is -2.22. The molecule has 5 nitrogen and oxygen atoms in total. The minimum atomic E-state index is -0.115. The van der Waals surface area contributed by atoms with Crippen molar-refractivity contribution in [1.82, 2.24) is 4.98 Å². The fraction of sp³-hybridized carbons (Fsp3) is 0.0870. The van der Waals surface area contributed by atoms with E-state index in [1.54, 1.807) is 11.0 Å². The number of rotatable bonds is 6. The number of benzene rings is 3. The normalized spacial score (nSPS) is 10.7. The van der Waals surface area contributed by atoms with E-state index in [0.29, 0.717) is 22.1 Å². The average Bonchev–Trinajstić information content (AvgIpc) is 3.20. The molecule has 4 rings (SSSR count). The minimum Gasteiger partial charge on any atom is -0.486 e. The van der Waals surface area contributed by atoms with Gasteiger partial charge in [-0.25, -0.2) is 4.98 Å². The van der Waals surface area contributed by atoms with Gasteiger partial charge in [-0.2, -0.15) is 0 Å². The third-order valence-electron chi connectivity index (χ3n) is 4.48. The maximum absolute atomic E-state index is 12.2. The Balaban J connectivity index is 1.56. The number of fused-ring (bicyclic) bond motifs is 1. The summed E-state index contributed by atoms with van der Waals surface area (Å²) in [6.07, 6.45) is 0.816. The monoisotopic (exact) mass is 402 g/mol. The van der Waals surface area contributed by atoms with Crippen LogP contribution in [0.15, 0.2) is 72.1 Å². The summed E-state index contributed by atoms with van der Waals surface area (Å²) in [4.78, 5) is 29.9. The smallest absolute Gasteiger partial charge is 0.230 e. The lowest BCUT2D eigenvalue weighted by molar-refractivity contribution is -0.115. The van der Waals surface area contributed by atoms with Gasteiger partial charge in [0.2, 0.25) is 5.91 Å². The van der Waals surface area contributed by atoms with Crippen LogP contribution in [0.4, 0.5) is 10.8 Å². The number of ether oxygens (including phenoxy) is 1. The maximum Gasteiger partial charge on any atom is 0.230 e. The molecule has 0 radical (unpaired) electrons. The van der Waals surface area contributed by atoms with Gasteiger partial charge in [0.25, 0.3) is 0 Å². The van der Waals surface area contributed by atoms with Crippen LogP contribution in [0.5, 0.6) is 5.75 Å². The molecule has 1 heterocycles. The highest BCUT2D eigenvalue weighted by Crippen LogP contribution is 2.30. The summed E-state index contributed by atoms with van der Waals surface area (Å²) in [5.41, 5.74) is 1.98.